The molecule has 1 fully saturated rings. The van der Waals surface area contributed by atoms with E-state index in [9.17, 15) is 4.39 Å². The van der Waals surface area contributed by atoms with Crippen LogP contribution in [0.4, 0.5) is 4.39 Å². The molecule has 1 aromatic rings. The highest BCUT2D eigenvalue weighted by Gasteiger charge is 2.44. The summed E-state index contributed by atoms with van der Waals surface area (Å²) in [5, 5.41) is 0. The quantitative estimate of drug-likeness (QED) is 0.917. The minimum Gasteiger partial charge on any atom is -0.329 e. The molecule has 3 atom stereocenters. The minimum absolute atomic E-state index is 0.0125. The van der Waals surface area contributed by atoms with Gasteiger partial charge in [0.25, 0.3) is 0 Å². The molecule has 3 unspecified atom stereocenters. The number of nitrogens with zero attached hydrogens (tertiary/aromatic N) is 2. The Morgan fingerprint density at radius 2 is 2.15 bits per heavy atom. The van der Waals surface area contributed by atoms with Gasteiger partial charge >= 0.3 is 0 Å². The molecular weight excluding hydrogens is 253 g/mol. The molecule has 0 aliphatic carbocycles. The van der Waals surface area contributed by atoms with Crippen LogP contribution >= 0.6 is 0 Å². The molecule has 0 radical (unpaired) electrons. The van der Waals surface area contributed by atoms with E-state index in [1.807, 2.05) is 12.1 Å². The highest BCUT2D eigenvalue weighted by Crippen LogP contribution is 2.35. The lowest BCUT2D eigenvalue weighted by atomic mass is 9.91. The van der Waals surface area contributed by atoms with Crippen molar-refractivity contribution in [2.24, 2.45) is 5.73 Å². The van der Waals surface area contributed by atoms with Crippen LogP contribution in [-0.2, 0) is 0 Å². The van der Waals surface area contributed by atoms with Crippen molar-refractivity contribution in [2.45, 2.75) is 37.9 Å². The van der Waals surface area contributed by atoms with Gasteiger partial charge in [0.15, 0.2) is 0 Å². The standard InChI is InChI=1S/C16H26FN3/c1-12-9-16(10-18,11-19(12)3)20(4)13(2)14-7-5-6-8-15(14)17/h5-8,12-13H,9-11,18H2,1-4H3. The Morgan fingerprint density at radius 1 is 1.50 bits per heavy atom. The maximum Gasteiger partial charge on any atom is 0.127 e. The summed E-state index contributed by atoms with van der Waals surface area (Å²) in [6, 6.07) is 7.53. The monoisotopic (exact) mass is 279 g/mol. The van der Waals surface area contributed by atoms with Gasteiger partial charge in [-0.05, 0) is 40.4 Å². The van der Waals surface area contributed by atoms with Crippen molar-refractivity contribution in [3.05, 3.63) is 35.6 Å². The van der Waals surface area contributed by atoms with E-state index in [1.54, 1.807) is 6.07 Å². The summed E-state index contributed by atoms with van der Waals surface area (Å²) in [6.45, 7) is 5.80. The fourth-order valence-electron chi connectivity index (χ4n) is 3.37. The summed E-state index contributed by atoms with van der Waals surface area (Å²) in [5.74, 6) is -0.140. The normalized spacial score (nSPS) is 29.1. The van der Waals surface area contributed by atoms with Gasteiger partial charge < -0.3 is 10.6 Å². The number of benzene rings is 1. The third-order valence-electron chi connectivity index (χ3n) is 5.04. The zero-order valence-electron chi connectivity index (χ0n) is 12.9. The fourth-order valence-corrected chi connectivity index (χ4v) is 3.37. The lowest BCUT2D eigenvalue weighted by Gasteiger charge is -2.42. The first-order chi connectivity index (χ1) is 9.41. The molecule has 112 valence electrons. The summed E-state index contributed by atoms with van der Waals surface area (Å²) < 4.78 is 14.0. The van der Waals surface area contributed by atoms with Crippen molar-refractivity contribution >= 4 is 0 Å². The van der Waals surface area contributed by atoms with Crippen LogP contribution in [0.25, 0.3) is 0 Å². The SMILES string of the molecule is CC1CC(CN)(N(C)C(C)c2ccccc2F)CN1C. The molecule has 4 heteroatoms. The average Bonchev–Trinajstić information content (AvgIpc) is 2.74. The first kappa shape index (κ1) is 15.4. The van der Waals surface area contributed by atoms with E-state index >= 15 is 0 Å². The van der Waals surface area contributed by atoms with Crippen molar-refractivity contribution in [2.75, 3.05) is 27.2 Å². The van der Waals surface area contributed by atoms with Crippen molar-refractivity contribution in [3.8, 4) is 0 Å². The van der Waals surface area contributed by atoms with Crippen molar-refractivity contribution < 1.29 is 4.39 Å². The Bertz CT molecular complexity index is 453. The summed E-state index contributed by atoms with van der Waals surface area (Å²) in [5.41, 5.74) is 6.75. The maximum atomic E-state index is 14.0. The Morgan fingerprint density at radius 3 is 2.65 bits per heavy atom. The molecule has 0 aromatic heterocycles. The summed E-state index contributed by atoms with van der Waals surface area (Å²) >= 11 is 0. The van der Waals surface area contributed by atoms with E-state index in [0.717, 1.165) is 18.5 Å². The molecular formula is C16H26FN3. The Kier molecular flexibility index (Phi) is 4.47. The molecule has 1 aliphatic rings. The van der Waals surface area contributed by atoms with Crippen LogP contribution in [0.2, 0.25) is 0 Å². The van der Waals surface area contributed by atoms with Gasteiger partial charge in [0.2, 0.25) is 0 Å². The Hall–Kier alpha value is -0.970. The van der Waals surface area contributed by atoms with Gasteiger partial charge in [0, 0.05) is 36.3 Å². The molecule has 1 saturated heterocycles. The number of likely N-dealkylation sites (tertiary alicyclic amines) is 1. The van der Waals surface area contributed by atoms with Crippen LogP contribution in [-0.4, -0.2) is 48.6 Å². The first-order valence-corrected chi connectivity index (χ1v) is 7.29. The smallest absolute Gasteiger partial charge is 0.127 e. The van der Waals surface area contributed by atoms with Gasteiger partial charge in [-0.25, -0.2) is 4.39 Å². The van der Waals surface area contributed by atoms with Crippen molar-refractivity contribution in [3.63, 3.8) is 0 Å². The van der Waals surface area contributed by atoms with Crippen LogP contribution in [0.15, 0.2) is 24.3 Å². The van der Waals surface area contributed by atoms with Gasteiger partial charge in [-0.2, -0.15) is 0 Å². The fraction of sp³-hybridized carbons (Fsp3) is 0.625. The second-order valence-electron chi connectivity index (χ2n) is 6.21. The lowest BCUT2D eigenvalue weighted by Crippen LogP contribution is -2.54. The van der Waals surface area contributed by atoms with Crippen LogP contribution < -0.4 is 5.73 Å². The molecule has 3 nitrogen and oxygen atoms in total. The molecule has 0 bridgehead atoms. The predicted octanol–water partition coefficient (Wildman–Crippen LogP) is 2.24. The number of hydrogen-bond donors (Lipinski definition) is 1. The van der Waals surface area contributed by atoms with E-state index in [1.165, 1.54) is 6.07 Å². The number of rotatable bonds is 4. The topological polar surface area (TPSA) is 32.5 Å². The second kappa shape index (κ2) is 5.80. The van der Waals surface area contributed by atoms with E-state index in [0.29, 0.717) is 12.6 Å². The van der Waals surface area contributed by atoms with Crippen molar-refractivity contribution in [1.82, 2.24) is 9.80 Å². The number of halogens is 1. The number of hydrogen-bond acceptors (Lipinski definition) is 3. The molecule has 2 rings (SSSR count). The Balaban J connectivity index is 2.26. The average molecular weight is 279 g/mol. The number of likely N-dealkylation sites (N-methyl/N-ethyl adjacent to an activating group) is 2. The molecule has 2 N–H and O–H groups in total. The molecule has 0 spiro atoms. The van der Waals surface area contributed by atoms with E-state index in [-0.39, 0.29) is 17.4 Å². The summed E-state index contributed by atoms with van der Waals surface area (Å²) in [4.78, 5) is 4.59. The summed E-state index contributed by atoms with van der Waals surface area (Å²) in [6.07, 6.45) is 1.02. The minimum atomic E-state index is -0.140. The molecule has 1 heterocycles. The zero-order valence-corrected chi connectivity index (χ0v) is 12.9. The maximum absolute atomic E-state index is 14.0. The third-order valence-corrected chi connectivity index (χ3v) is 5.04. The van der Waals surface area contributed by atoms with Crippen LogP contribution in [0.5, 0.6) is 0 Å². The Labute approximate surface area is 121 Å². The van der Waals surface area contributed by atoms with E-state index in [2.05, 4.69) is 37.7 Å². The molecule has 0 saturated carbocycles. The number of nitrogens with two attached hydrogens (primary N) is 1. The van der Waals surface area contributed by atoms with Crippen LogP contribution in [0, 0.1) is 5.82 Å². The second-order valence-corrected chi connectivity index (χ2v) is 6.21. The van der Waals surface area contributed by atoms with Crippen molar-refractivity contribution in [1.29, 1.82) is 0 Å². The van der Waals surface area contributed by atoms with Gasteiger partial charge in [-0.1, -0.05) is 18.2 Å². The first-order valence-electron chi connectivity index (χ1n) is 7.29. The zero-order chi connectivity index (χ0) is 14.9. The molecule has 1 aromatic carbocycles. The lowest BCUT2D eigenvalue weighted by molar-refractivity contribution is 0.0903. The molecule has 20 heavy (non-hydrogen) atoms. The van der Waals surface area contributed by atoms with Gasteiger partial charge in [0.1, 0.15) is 5.82 Å². The summed E-state index contributed by atoms with van der Waals surface area (Å²) in [7, 11) is 4.19. The van der Waals surface area contributed by atoms with E-state index in [4.69, 9.17) is 5.73 Å². The highest BCUT2D eigenvalue weighted by atomic mass is 19.1. The van der Waals surface area contributed by atoms with Crippen LogP contribution in [0.1, 0.15) is 31.9 Å². The predicted molar refractivity (Wildman–Crippen MR) is 81.1 cm³/mol. The largest absolute Gasteiger partial charge is 0.329 e. The van der Waals surface area contributed by atoms with Gasteiger partial charge in [0.05, 0.1) is 0 Å². The van der Waals surface area contributed by atoms with Crippen LogP contribution in [0.3, 0.4) is 0 Å². The molecule has 0 amide bonds. The van der Waals surface area contributed by atoms with Gasteiger partial charge in [-0.15, -0.1) is 0 Å². The van der Waals surface area contributed by atoms with Gasteiger partial charge in [-0.3, -0.25) is 4.90 Å². The van der Waals surface area contributed by atoms with E-state index < -0.39 is 0 Å². The highest BCUT2D eigenvalue weighted by molar-refractivity contribution is 5.22. The third kappa shape index (κ3) is 2.60. The molecule has 1 aliphatic heterocycles.